The second-order valence-corrected chi connectivity index (χ2v) is 17.8. The monoisotopic (exact) mass is 856 g/mol. The number of halogens is 1. The zero-order valence-electron chi connectivity index (χ0n) is 34.1. The lowest BCUT2D eigenvalue weighted by Crippen LogP contribution is -2.54. The quantitative estimate of drug-likeness (QED) is 0.0888. The number of carbonyl (C=O) groups is 5. The molecule has 0 spiro atoms. The van der Waals surface area contributed by atoms with Crippen LogP contribution in [0.1, 0.15) is 86.6 Å². The molecule has 9 rings (SSSR count). The van der Waals surface area contributed by atoms with Gasteiger partial charge in [0.15, 0.2) is 5.78 Å². The van der Waals surface area contributed by atoms with Crippen LogP contribution in [-0.2, 0) is 9.59 Å². The van der Waals surface area contributed by atoms with Gasteiger partial charge in [-0.2, -0.15) is 0 Å². The second-order valence-electron chi connectivity index (χ2n) is 16.8. The molecule has 4 aromatic carbocycles. The molecule has 4 aliphatic rings. The third-order valence-corrected chi connectivity index (χ3v) is 14.1. The van der Waals surface area contributed by atoms with Gasteiger partial charge in [0.05, 0.1) is 17.7 Å². The van der Waals surface area contributed by atoms with E-state index in [9.17, 15) is 38.4 Å². The van der Waals surface area contributed by atoms with Gasteiger partial charge in [-0.15, -0.1) is 11.3 Å². The van der Waals surface area contributed by atoms with Crippen LogP contribution in [0.25, 0.3) is 20.5 Å². The zero-order chi connectivity index (χ0) is 43.1. The topological polar surface area (TPSA) is 157 Å². The van der Waals surface area contributed by atoms with E-state index < -0.39 is 36.8 Å². The molecule has 12 nitrogen and oxygen atoms in total. The van der Waals surface area contributed by atoms with Crippen LogP contribution in [0.3, 0.4) is 0 Å². The first-order valence-electron chi connectivity index (χ1n) is 21.3. The number of nitrogens with zero attached hydrogens (tertiary/aromatic N) is 3. The summed E-state index contributed by atoms with van der Waals surface area (Å²) in [5, 5.41) is 22.4. The van der Waals surface area contributed by atoms with E-state index in [4.69, 9.17) is 4.74 Å². The lowest BCUT2D eigenvalue weighted by Gasteiger charge is -2.36. The van der Waals surface area contributed by atoms with Crippen molar-refractivity contribution < 1.29 is 43.1 Å². The summed E-state index contributed by atoms with van der Waals surface area (Å²) >= 11 is 1.35. The minimum absolute atomic E-state index is 0.0918. The highest BCUT2D eigenvalue weighted by Gasteiger charge is 2.45. The molecule has 3 N–H and O–H groups in total. The van der Waals surface area contributed by atoms with Gasteiger partial charge >= 0.3 is 7.12 Å². The third-order valence-electron chi connectivity index (χ3n) is 12.9. The minimum atomic E-state index is -1.64. The molecule has 1 unspecified atom stereocenters. The number of hydrogen-bond donors (Lipinski definition) is 3. The maximum absolute atomic E-state index is 14.0. The highest BCUT2D eigenvalue weighted by molar-refractivity contribution is 7.23. The Labute approximate surface area is 362 Å². The van der Waals surface area contributed by atoms with E-state index in [0.717, 1.165) is 80.1 Å². The van der Waals surface area contributed by atoms with E-state index in [1.54, 1.807) is 48.5 Å². The Morgan fingerprint density at radius 3 is 2.15 bits per heavy atom. The fourth-order valence-corrected chi connectivity index (χ4v) is 10.5. The summed E-state index contributed by atoms with van der Waals surface area (Å²) in [5.74, 6) is -1.12. The van der Waals surface area contributed by atoms with Crippen molar-refractivity contribution in [2.75, 3.05) is 45.9 Å². The van der Waals surface area contributed by atoms with Gasteiger partial charge in [0.2, 0.25) is 11.8 Å². The number of nitrogens with one attached hydrogen (secondary N) is 1. The molecule has 15 heteroatoms. The molecule has 5 heterocycles. The maximum Gasteiger partial charge on any atom is 0.488 e. The van der Waals surface area contributed by atoms with Crippen molar-refractivity contribution in [3.05, 3.63) is 119 Å². The van der Waals surface area contributed by atoms with Gasteiger partial charge in [-0.05, 0) is 141 Å². The van der Waals surface area contributed by atoms with E-state index in [0.29, 0.717) is 61.8 Å². The summed E-state index contributed by atoms with van der Waals surface area (Å²) < 4.78 is 20.7. The van der Waals surface area contributed by atoms with Crippen molar-refractivity contribution in [2.24, 2.45) is 5.92 Å². The highest BCUT2D eigenvalue weighted by atomic mass is 32.1. The second kappa shape index (κ2) is 17.7. The summed E-state index contributed by atoms with van der Waals surface area (Å²) in [4.78, 5) is 71.3. The van der Waals surface area contributed by atoms with Crippen LogP contribution in [0.5, 0.6) is 5.75 Å². The molecule has 4 aliphatic heterocycles. The fraction of sp³-hybridized carbons (Fsp3) is 0.340. The average Bonchev–Trinajstić information content (AvgIpc) is 3.79. The third kappa shape index (κ3) is 8.47. The summed E-state index contributed by atoms with van der Waals surface area (Å²) in [7, 11) is -1.64. The van der Waals surface area contributed by atoms with Gasteiger partial charge in [0.1, 0.15) is 17.6 Å². The van der Waals surface area contributed by atoms with E-state index in [2.05, 4.69) is 15.1 Å². The molecule has 0 bridgehead atoms. The maximum atomic E-state index is 14.0. The number of hydrogen-bond acceptors (Lipinski definition) is 11. The number of ketones is 1. The van der Waals surface area contributed by atoms with Gasteiger partial charge < -0.3 is 24.6 Å². The molecule has 3 fully saturated rings. The first kappa shape index (κ1) is 41.8. The predicted octanol–water partition coefficient (Wildman–Crippen LogP) is 4.99. The number of benzene rings is 4. The summed E-state index contributed by atoms with van der Waals surface area (Å²) in [6, 6.07) is 22.7. The molecule has 0 radical (unpaired) electrons. The van der Waals surface area contributed by atoms with Crippen LogP contribution < -0.4 is 15.5 Å². The summed E-state index contributed by atoms with van der Waals surface area (Å²) in [6.45, 7) is 6.46. The van der Waals surface area contributed by atoms with Gasteiger partial charge in [-0.1, -0.05) is 30.3 Å². The van der Waals surface area contributed by atoms with Crippen molar-refractivity contribution in [1.82, 2.24) is 20.0 Å². The number of thiophene rings is 1. The number of fused-ring (bicyclic) bond motifs is 2. The van der Waals surface area contributed by atoms with Crippen molar-refractivity contribution in [1.29, 1.82) is 0 Å². The summed E-state index contributed by atoms with van der Waals surface area (Å²) in [5.41, 5.74) is 3.68. The van der Waals surface area contributed by atoms with Crippen molar-refractivity contribution in [3.63, 3.8) is 0 Å². The van der Waals surface area contributed by atoms with Crippen LogP contribution >= 0.6 is 11.3 Å². The van der Waals surface area contributed by atoms with Gasteiger partial charge in [0.25, 0.3) is 11.8 Å². The Bertz CT molecular complexity index is 2550. The van der Waals surface area contributed by atoms with Crippen molar-refractivity contribution >= 4 is 63.4 Å². The molecule has 1 atom stereocenters. The van der Waals surface area contributed by atoms with Crippen LogP contribution in [0.2, 0.25) is 0 Å². The van der Waals surface area contributed by atoms with E-state index in [1.807, 2.05) is 24.3 Å². The van der Waals surface area contributed by atoms with Crippen LogP contribution in [0, 0.1) is 11.7 Å². The first-order valence-corrected chi connectivity index (χ1v) is 22.1. The van der Waals surface area contributed by atoms with Crippen molar-refractivity contribution in [2.45, 2.75) is 50.5 Å². The fourth-order valence-electron chi connectivity index (χ4n) is 9.26. The Hall–Kier alpha value is -5.58. The Balaban J connectivity index is 0.731. The van der Waals surface area contributed by atoms with E-state index in [-0.39, 0.29) is 30.4 Å². The number of imide groups is 2. The van der Waals surface area contributed by atoms with Gasteiger partial charge in [-0.25, -0.2) is 4.39 Å². The minimum Gasteiger partial charge on any atom is -0.493 e. The standard InChI is InChI=1S/C47H46BFN4O8S/c49-34-7-1-31(2-8-34)44-42(37-12-6-33(48(59)60)26-40(37)62-44)43(55)30-3-9-35(10-4-30)61-27-28-15-19-51(20-16-28)23-24-52-21-17-29(18-22-52)32-5-11-36-38(25-32)47(58)53(46(36)57)39-13-14-41(54)50-45(39)56/h1-12,25-26,28-29,39,59-60H,13-24,27H2,(H,50,54,56). The lowest BCUT2D eigenvalue weighted by atomic mass is 9.80. The normalized spacial score (nSPS) is 19.3. The lowest BCUT2D eigenvalue weighted by molar-refractivity contribution is -0.136. The number of amides is 4. The number of likely N-dealkylation sites (tertiary alicyclic amines) is 2. The van der Waals surface area contributed by atoms with Crippen LogP contribution in [0.4, 0.5) is 4.39 Å². The highest BCUT2D eigenvalue weighted by Crippen LogP contribution is 2.40. The Kier molecular flexibility index (Phi) is 11.9. The molecule has 62 heavy (non-hydrogen) atoms. The van der Waals surface area contributed by atoms with Crippen LogP contribution in [-0.4, -0.2) is 113 Å². The first-order chi connectivity index (χ1) is 30.0. The Morgan fingerprint density at radius 1 is 0.790 bits per heavy atom. The molecule has 0 saturated carbocycles. The molecule has 4 amide bonds. The summed E-state index contributed by atoms with van der Waals surface area (Å²) in [6.07, 6.45) is 4.20. The largest absolute Gasteiger partial charge is 0.493 e. The number of carbonyl (C=O) groups excluding carboxylic acids is 5. The Morgan fingerprint density at radius 2 is 1.47 bits per heavy atom. The van der Waals surface area contributed by atoms with Gasteiger partial charge in [0, 0.05) is 45.6 Å². The number of ether oxygens (including phenoxy) is 1. The number of rotatable bonds is 12. The molecule has 0 aliphatic carbocycles. The zero-order valence-corrected chi connectivity index (χ0v) is 34.9. The average molecular weight is 857 g/mol. The smallest absolute Gasteiger partial charge is 0.488 e. The van der Waals surface area contributed by atoms with Crippen molar-refractivity contribution in [3.8, 4) is 16.2 Å². The van der Waals surface area contributed by atoms with Crippen LogP contribution in [0.15, 0.2) is 84.9 Å². The number of piperidine rings is 3. The molecular weight excluding hydrogens is 810 g/mol. The molecular formula is C47H46BFN4O8S. The molecule has 318 valence electrons. The van der Waals surface area contributed by atoms with E-state index in [1.165, 1.54) is 23.5 Å². The molecule has 3 saturated heterocycles. The molecule has 5 aromatic rings. The van der Waals surface area contributed by atoms with E-state index >= 15 is 0 Å². The predicted molar refractivity (Wildman–Crippen MR) is 233 cm³/mol. The van der Waals surface area contributed by atoms with Gasteiger partial charge in [-0.3, -0.25) is 34.2 Å². The molecule has 1 aromatic heterocycles. The SMILES string of the molecule is O=C1CCC(N2C(=O)c3ccc(C4CCN(CCN5CCC(COc6ccc(C(=O)c7c(-c8ccc(F)cc8)sc8cc(B(O)O)ccc78)cc6)CC5)CC4)cc3C2=O)C(=O)N1.